The van der Waals surface area contributed by atoms with E-state index in [0.29, 0.717) is 81.2 Å². The summed E-state index contributed by atoms with van der Waals surface area (Å²) in [6, 6.07) is 9.44. The molecule has 9 rings (SSSR count). The first kappa shape index (κ1) is 40.2. The normalized spacial score (nSPS) is 17.9. The third-order valence-electron chi connectivity index (χ3n) is 12.5. The van der Waals surface area contributed by atoms with Crippen molar-refractivity contribution in [1.82, 2.24) is 49.4 Å². The largest absolute Gasteiger partial charge is 0.508 e. The molecule has 0 saturated carbocycles. The number of nitrogens with two attached hydrogens (primary N) is 1. The summed E-state index contributed by atoms with van der Waals surface area (Å²) in [4.78, 5) is 58.1. The Hall–Kier alpha value is -6.20. The van der Waals surface area contributed by atoms with E-state index in [0.717, 1.165) is 62.0 Å². The number of hydrogen-bond acceptors (Lipinski definition) is 14. The number of nitrogen functional groups attached to an aromatic ring is 1. The molecule has 2 amide bonds. The average Bonchev–Trinajstić information content (AvgIpc) is 3.95. The lowest BCUT2D eigenvalue weighted by Crippen LogP contribution is -2.45. The van der Waals surface area contributed by atoms with Crippen LogP contribution in [0.3, 0.4) is 0 Å². The standard InChI is InChI=1S/C44H52N12O5/c1-27(2)35-18-36(38(58)19-37(35)57)42(60)55-24-30-4-3-28(17-31(30)25-55)23-52-9-5-29(6-10-52)41(59)53-11-7-34(8-12-53)56-26-33(22-48-56)40-49-39(32-20-46-43(45)47-21-32)50-44(51-40)54-13-15-61-16-14-54/h3-4,17-22,26-27,29,34,57-58H,5-16,23-25H2,1-2H3,(H2,45,46,47). The molecule has 4 N–H and O–H groups in total. The molecule has 4 aliphatic rings. The summed E-state index contributed by atoms with van der Waals surface area (Å²) in [6.45, 7) is 11.2. The molecule has 0 bridgehead atoms. The monoisotopic (exact) mass is 828 g/mol. The number of aromatic hydroxyl groups is 2. The van der Waals surface area contributed by atoms with Gasteiger partial charge in [0.05, 0.1) is 42.1 Å². The molecule has 0 radical (unpaired) electrons. The van der Waals surface area contributed by atoms with E-state index >= 15 is 0 Å². The number of morpholine rings is 1. The quantitative estimate of drug-likeness (QED) is 0.189. The van der Waals surface area contributed by atoms with Crippen LogP contribution in [0.25, 0.3) is 22.8 Å². The van der Waals surface area contributed by atoms with E-state index in [-0.39, 0.29) is 52.7 Å². The highest BCUT2D eigenvalue weighted by Gasteiger charge is 2.33. The van der Waals surface area contributed by atoms with E-state index in [1.807, 2.05) is 29.6 Å². The molecule has 61 heavy (non-hydrogen) atoms. The molecule has 2 aromatic carbocycles. The van der Waals surface area contributed by atoms with Gasteiger partial charge >= 0.3 is 0 Å². The number of phenols is 2. The Bertz CT molecular complexity index is 2400. The van der Waals surface area contributed by atoms with E-state index in [2.05, 4.69) is 38.0 Å². The van der Waals surface area contributed by atoms with Gasteiger partial charge in [-0.2, -0.15) is 15.1 Å². The van der Waals surface area contributed by atoms with Crippen molar-refractivity contribution in [2.45, 2.75) is 71.1 Å². The SMILES string of the molecule is CC(C)c1cc(C(=O)N2Cc3ccc(CN4CCC(C(=O)N5CCC(n6cc(-c7nc(-c8cnc(N)nc8)nc(N8CCOCC8)n7)cn6)CC5)CC4)cc3C2)c(O)cc1O. The minimum atomic E-state index is -0.250. The van der Waals surface area contributed by atoms with E-state index in [4.69, 9.17) is 30.5 Å². The lowest BCUT2D eigenvalue weighted by Gasteiger charge is -2.37. The smallest absolute Gasteiger partial charge is 0.258 e. The van der Waals surface area contributed by atoms with Crippen molar-refractivity contribution in [1.29, 1.82) is 0 Å². The molecule has 0 atom stereocenters. The van der Waals surface area contributed by atoms with Gasteiger partial charge in [-0.25, -0.2) is 15.0 Å². The van der Waals surface area contributed by atoms with Gasteiger partial charge in [0.1, 0.15) is 11.5 Å². The zero-order valence-corrected chi connectivity index (χ0v) is 34.7. The van der Waals surface area contributed by atoms with Gasteiger partial charge in [0, 0.05) is 76.4 Å². The molecule has 3 saturated heterocycles. The number of amides is 2. The van der Waals surface area contributed by atoms with Crippen molar-refractivity contribution in [3.05, 3.63) is 82.9 Å². The second kappa shape index (κ2) is 17.0. The lowest BCUT2D eigenvalue weighted by atomic mass is 9.93. The highest BCUT2D eigenvalue weighted by Crippen LogP contribution is 2.35. The van der Waals surface area contributed by atoms with Gasteiger partial charge in [0.25, 0.3) is 5.91 Å². The van der Waals surface area contributed by atoms with Crippen LogP contribution >= 0.6 is 0 Å². The molecule has 318 valence electrons. The number of phenolic OH excluding ortho intramolecular Hbond substituents is 2. The summed E-state index contributed by atoms with van der Waals surface area (Å²) in [5.41, 5.74) is 11.4. The van der Waals surface area contributed by atoms with E-state index in [1.54, 1.807) is 29.6 Å². The van der Waals surface area contributed by atoms with E-state index in [1.165, 1.54) is 11.6 Å². The van der Waals surface area contributed by atoms with Gasteiger partial charge in [-0.3, -0.25) is 19.2 Å². The molecule has 0 spiro atoms. The van der Waals surface area contributed by atoms with Crippen LogP contribution in [0.5, 0.6) is 11.5 Å². The maximum absolute atomic E-state index is 13.8. The minimum absolute atomic E-state index is 0.00632. The number of benzene rings is 2. The third kappa shape index (κ3) is 8.57. The predicted molar refractivity (Wildman–Crippen MR) is 226 cm³/mol. The Labute approximate surface area is 354 Å². The van der Waals surface area contributed by atoms with Crippen LogP contribution in [0.15, 0.2) is 55.1 Å². The first-order valence-corrected chi connectivity index (χ1v) is 21.2. The van der Waals surface area contributed by atoms with Crippen LogP contribution in [-0.2, 0) is 29.2 Å². The van der Waals surface area contributed by atoms with Crippen molar-refractivity contribution in [3.63, 3.8) is 0 Å². The number of carbonyl (C=O) groups excluding carboxylic acids is 2. The van der Waals surface area contributed by atoms with Gasteiger partial charge in [0.2, 0.25) is 17.8 Å². The van der Waals surface area contributed by atoms with E-state index in [9.17, 15) is 19.8 Å². The van der Waals surface area contributed by atoms with Crippen LogP contribution in [0.1, 0.15) is 84.1 Å². The van der Waals surface area contributed by atoms with Gasteiger partial charge in [-0.05, 0) is 73.0 Å². The van der Waals surface area contributed by atoms with E-state index < -0.39 is 0 Å². The number of fused-ring (bicyclic) bond motifs is 1. The van der Waals surface area contributed by atoms with Crippen molar-refractivity contribution in [3.8, 4) is 34.3 Å². The number of anilines is 2. The maximum atomic E-state index is 13.8. The lowest BCUT2D eigenvalue weighted by molar-refractivity contribution is -0.138. The fraction of sp³-hybridized carbons (Fsp3) is 0.455. The second-order valence-corrected chi connectivity index (χ2v) is 16.9. The van der Waals surface area contributed by atoms with Crippen LogP contribution in [0.4, 0.5) is 11.9 Å². The summed E-state index contributed by atoms with van der Waals surface area (Å²) in [6.07, 6.45) is 10.3. The van der Waals surface area contributed by atoms with Crippen LogP contribution in [0, 0.1) is 5.92 Å². The van der Waals surface area contributed by atoms with Gasteiger partial charge in [0.15, 0.2) is 11.6 Å². The fourth-order valence-corrected chi connectivity index (χ4v) is 8.93. The minimum Gasteiger partial charge on any atom is -0.508 e. The Balaban J connectivity index is 0.771. The molecule has 4 aliphatic heterocycles. The van der Waals surface area contributed by atoms with Crippen LogP contribution in [-0.4, -0.2) is 124 Å². The number of piperidine rings is 2. The van der Waals surface area contributed by atoms with Crippen molar-refractivity contribution in [2.75, 3.05) is 63.1 Å². The van der Waals surface area contributed by atoms with Crippen molar-refractivity contribution >= 4 is 23.7 Å². The summed E-state index contributed by atoms with van der Waals surface area (Å²) < 4.78 is 7.53. The molecule has 5 aromatic rings. The molecule has 0 unspecified atom stereocenters. The van der Waals surface area contributed by atoms with Crippen LogP contribution in [0.2, 0.25) is 0 Å². The zero-order chi connectivity index (χ0) is 42.2. The molecule has 0 aliphatic carbocycles. The van der Waals surface area contributed by atoms with Crippen LogP contribution < -0.4 is 10.6 Å². The number of likely N-dealkylation sites (tertiary alicyclic amines) is 2. The number of aromatic nitrogens is 7. The number of rotatable bonds is 9. The number of ether oxygens (including phenoxy) is 1. The molecule has 17 heteroatoms. The Kier molecular flexibility index (Phi) is 11.2. The molecule has 3 fully saturated rings. The maximum Gasteiger partial charge on any atom is 0.258 e. The molecular weight excluding hydrogens is 777 g/mol. The molecular formula is C44H52N12O5. The zero-order valence-electron chi connectivity index (χ0n) is 34.7. The van der Waals surface area contributed by atoms with Gasteiger partial charge < -0.3 is 35.4 Å². The fourth-order valence-electron chi connectivity index (χ4n) is 8.93. The van der Waals surface area contributed by atoms with Crippen molar-refractivity contribution < 1.29 is 24.5 Å². The average molecular weight is 829 g/mol. The highest BCUT2D eigenvalue weighted by atomic mass is 16.5. The Morgan fingerprint density at radius 2 is 1.51 bits per heavy atom. The third-order valence-corrected chi connectivity index (χ3v) is 12.5. The summed E-state index contributed by atoms with van der Waals surface area (Å²) in [5.74, 6) is 1.51. The van der Waals surface area contributed by atoms with Crippen molar-refractivity contribution in [2.24, 2.45) is 5.92 Å². The first-order chi connectivity index (χ1) is 29.6. The number of hydrogen-bond donors (Lipinski definition) is 3. The van der Waals surface area contributed by atoms with Gasteiger partial charge in [-0.1, -0.05) is 32.0 Å². The molecule has 3 aromatic heterocycles. The number of nitrogens with zero attached hydrogens (tertiary/aromatic N) is 11. The highest BCUT2D eigenvalue weighted by molar-refractivity contribution is 5.97. The summed E-state index contributed by atoms with van der Waals surface area (Å²) in [5, 5.41) is 25.5. The Morgan fingerprint density at radius 1 is 0.803 bits per heavy atom. The predicted octanol–water partition coefficient (Wildman–Crippen LogP) is 4.38. The molecule has 17 nitrogen and oxygen atoms in total. The molecule has 7 heterocycles. The van der Waals surface area contributed by atoms with Gasteiger partial charge in [-0.15, -0.1) is 0 Å². The number of carbonyl (C=O) groups is 2. The summed E-state index contributed by atoms with van der Waals surface area (Å²) in [7, 11) is 0. The first-order valence-electron chi connectivity index (χ1n) is 21.2. The second-order valence-electron chi connectivity index (χ2n) is 16.9. The Morgan fingerprint density at radius 3 is 2.23 bits per heavy atom. The topological polar surface area (TPSA) is 205 Å². The summed E-state index contributed by atoms with van der Waals surface area (Å²) >= 11 is 0.